The molecule has 1 unspecified atom stereocenters. The minimum absolute atomic E-state index is 0.191. The van der Waals surface area contributed by atoms with E-state index in [9.17, 15) is 5.11 Å². The SMILES string of the molecule is CC(C)(C)C1=C(O)C(n2nc3ccccc3n2)=CC(Cl)(C(C)(C)C)C1. The first kappa shape index (κ1) is 18.0. The number of rotatable bonds is 1. The smallest absolute Gasteiger partial charge is 0.142 e. The fraction of sp³-hybridized carbons (Fsp3) is 0.500. The van der Waals surface area contributed by atoms with Gasteiger partial charge in [0.25, 0.3) is 0 Å². The van der Waals surface area contributed by atoms with Gasteiger partial charge < -0.3 is 5.11 Å². The fourth-order valence-corrected chi connectivity index (χ4v) is 3.29. The minimum Gasteiger partial charge on any atom is -0.506 e. The van der Waals surface area contributed by atoms with Crippen molar-refractivity contribution in [3.63, 3.8) is 0 Å². The molecule has 5 heteroatoms. The molecule has 1 atom stereocenters. The molecule has 2 aromatic rings. The van der Waals surface area contributed by atoms with Crippen LogP contribution < -0.4 is 0 Å². The summed E-state index contributed by atoms with van der Waals surface area (Å²) in [7, 11) is 0. The first-order chi connectivity index (χ1) is 11.4. The van der Waals surface area contributed by atoms with E-state index in [2.05, 4.69) is 51.7 Å². The van der Waals surface area contributed by atoms with Gasteiger partial charge in [-0.3, -0.25) is 0 Å². The molecule has 1 aliphatic carbocycles. The topological polar surface area (TPSA) is 50.9 Å². The van der Waals surface area contributed by atoms with Crippen LogP contribution in [0.15, 0.2) is 41.7 Å². The Morgan fingerprint density at radius 1 is 1.04 bits per heavy atom. The summed E-state index contributed by atoms with van der Waals surface area (Å²) in [6.45, 7) is 12.6. The number of hydrogen-bond donors (Lipinski definition) is 1. The zero-order valence-electron chi connectivity index (χ0n) is 15.8. The van der Waals surface area contributed by atoms with Gasteiger partial charge in [0.2, 0.25) is 0 Å². The summed E-state index contributed by atoms with van der Waals surface area (Å²) in [5.41, 5.74) is 2.66. The number of aromatic nitrogens is 3. The molecule has 3 rings (SSSR count). The molecule has 25 heavy (non-hydrogen) atoms. The van der Waals surface area contributed by atoms with Gasteiger partial charge in [0.15, 0.2) is 0 Å². The van der Waals surface area contributed by atoms with Crippen LogP contribution in [0.1, 0.15) is 48.0 Å². The van der Waals surface area contributed by atoms with Gasteiger partial charge in [-0.15, -0.1) is 26.6 Å². The van der Waals surface area contributed by atoms with Gasteiger partial charge in [0, 0.05) is 0 Å². The largest absolute Gasteiger partial charge is 0.506 e. The Kier molecular flexibility index (Phi) is 4.03. The molecule has 1 aliphatic rings. The van der Waals surface area contributed by atoms with E-state index in [1.807, 2.05) is 30.3 Å². The summed E-state index contributed by atoms with van der Waals surface area (Å²) < 4.78 is 0. The van der Waals surface area contributed by atoms with E-state index in [1.54, 1.807) is 0 Å². The fourth-order valence-electron chi connectivity index (χ4n) is 3.05. The normalized spacial score (nSPS) is 22.4. The zero-order valence-corrected chi connectivity index (χ0v) is 16.5. The Bertz CT molecular complexity index is 847. The number of alkyl halides is 1. The Labute approximate surface area is 154 Å². The van der Waals surface area contributed by atoms with E-state index in [1.165, 1.54) is 4.80 Å². The first-order valence-corrected chi connectivity index (χ1v) is 8.97. The molecule has 0 fully saturated rings. The Morgan fingerprint density at radius 3 is 2.00 bits per heavy atom. The number of allylic oxidation sites excluding steroid dienone is 3. The van der Waals surface area contributed by atoms with Crippen LogP contribution in [0.2, 0.25) is 0 Å². The molecule has 134 valence electrons. The van der Waals surface area contributed by atoms with E-state index in [4.69, 9.17) is 11.6 Å². The summed E-state index contributed by atoms with van der Waals surface area (Å²) in [6, 6.07) is 7.67. The third-order valence-electron chi connectivity index (χ3n) is 4.98. The van der Waals surface area contributed by atoms with Crippen molar-refractivity contribution in [3.8, 4) is 0 Å². The van der Waals surface area contributed by atoms with Crippen LogP contribution in [0.5, 0.6) is 0 Å². The second kappa shape index (κ2) is 5.60. The van der Waals surface area contributed by atoms with E-state index < -0.39 is 4.87 Å². The van der Waals surface area contributed by atoms with Crippen molar-refractivity contribution < 1.29 is 5.11 Å². The van der Waals surface area contributed by atoms with Gasteiger partial charge in [-0.1, -0.05) is 53.7 Å². The number of aliphatic hydroxyl groups is 1. The Balaban J connectivity index is 2.24. The van der Waals surface area contributed by atoms with Gasteiger partial charge >= 0.3 is 0 Å². The third-order valence-corrected chi connectivity index (χ3v) is 5.79. The van der Waals surface area contributed by atoms with Gasteiger partial charge in [-0.2, -0.15) is 0 Å². The molecule has 0 aliphatic heterocycles. The molecule has 0 spiro atoms. The lowest BCUT2D eigenvalue weighted by Gasteiger charge is -2.43. The molecule has 0 bridgehead atoms. The molecule has 1 aromatic carbocycles. The van der Waals surface area contributed by atoms with Crippen molar-refractivity contribution in [1.29, 1.82) is 0 Å². The molecule has 1 heterocycles. The molecule has 0 amide bonds. The van der Waals surface area contributed by atoms with E-state index in [0.29, 0.717) is 12.1 Å². The molecule has 1 aromatic heterocycles. The number of benzene rings is 1. The maximum absolute atomic E-state index is 11.0. The second-order valence-electron chi connectivity index (χ2n) is 8.87. The van der Waals surface area contributed by atoms with Crippen LogP contribution in [0.4, 0.5) is 0 Å². The number of hydrogen-bond acceptors (Lipinski definition) is 3. The van der Waals surface area contributed by atoms with Gasteiger partial charge in [-0.05, 0) is 41.0 Å². The maximum Gasteiger partial charge on any atom is 0.142 e. The standard InChI is InChI=1S/C20H26ClN3O/c1-18(2,3)13-11-20(21,19(4,5)6)12-16(17(13)25)24-22-14-9-7-8-10-15(14)23-24/h7-10,12,25H,11H2,1-6H3. The maximum atomic E-state index is 11.0. The van der Waals surface area contributed by atoms with E-state index in [0.717, 1.165) is 16.6 Å². The molecule has 0 saturated carbocycles. The van der Waals surface area contributed by atoms with Crippen LogP contribution in [-0.2, 0) is 0 Å². The molecule has 0 radical (unpaired) electrons. The third kappa shape index (κ3) is 3.08. The zero-order chi connectivity index (χ0) is 18.6. The molecule has 4 nitrogen and oxygen atoms in total. The molecule has 0 saturated heterocycles. The number of nitrogens with zero attached hydrogens (tertiary/aromatic N) is 3. The van der Waals surface area contributed by atoms with Crippen molar-refractivity contribution in [1.82, 2.24) is 15.0 Å². The van der Waals surface area contributed by atoms with Crippen molar-refractivity contribution in [2.75, 3.05) is 0 Å². The summed E-state index contributed by atoms with van der Waals surface area (Å²) >= 11 is 7.07. The van der Waals surface area contributed by atoms with E-state index >= 15 is 0 Å². The lowest BCUT2D eigenvalue weighted by atomic mass is 9.69. The molecule has 1 N–H and O–H groups in total. The van der Waals surface area contributed by atoms with Gasteiger partial charge in [0.1, 0.15) is 22.5 Å². The highest BCUT2D eigenvalue weighted by atomic mass is 35.5. The van der Waals surface area contributed by atoms with Crippen LogP contribution in [0.3, 0.4) is 0 Å². The van der Waals surface area contributed by atoms with Gasteiger partial charge in [0.05, 0.1) is 4.87 Å². The van der Waals surface area contributed by atoms with Crippen molar-refractivity contribution in [2.24, 2.45) is 10.8 Å². The average Bonchev–Trinajstić information content (AvgIpc) is 2.90. The van der Waals surface area contributed by atoms with Crippen LogP contribution in [0, 0.1) is 10.8 Å². The summed E-state index contributed by atoms with van der Waals surface area (Å²) in [4.78, 5) is 0.880. The Morgan fingerprint density at radius 2 is 1.56 bits per heavy atom. The van der Waals surface area contributed by atoms with Crippen molar-refractivity contribution in [2.45, 2.75) is 52.8 Å². The quantitative estimate of drug-likeness (QED) is 0.678. The van der Waals surface area contributed by atoms with E-state index in [-0.39, 0.29) is 16.6 Å². The summed E-state index contributed by atoms with van der Waals surface area (Å²) in [5, 5.41) is 20.1. The highest BCUT2D eigenvalue weighted by Gasteiger charge is 2.45. The molecular formula is C20H26ClN3O. The monoisotopic (exact) mass is 359 g/mol. The van der Waals surface area contributed by atoms with Gasteiger partial charge in [-0.25, -0.2) is 0 Å². The highest BCUT2D eigenvalue weighted by Crippen LogP contribution is 2.51. The average molecular weight is 360 g/mol. The van der Waals surface area contributed by atoms with Crippen molar-refractivity contribution in [3.05, 3.63) is 41.7 Å². The minimum atomic E-state index is -0.628. The van der Waals surface area contributed by atoms with Crippen LogP contribution >= 0.6 is 11.6 Å². The first-order valence-electron chi connectivity index (χ1n) is 8.60. The summed E-state index contributed by atoms with van der Waals surface area (Å²) in [6.07, 6.45) is 2.51. The summed E-state index contributed by atoms with van der Waals surface area (Å²) in [5.74, 6) is 0.230. The second-order valence-corrected chi connectivity index (χ2v) is 9.55. The lowest BCUT2D eigenvalue weighted by Crippen LogP contribution is -2.40. The molecular weight excluding hydrogens is 334 g/mol. The van der Waals surface area contributed by atoms with Crippen LogP contribution in [-0.4, -0.2) is 25.0 Å². The predicted molar refractivity (Wildman–Crippen MR) is 104 cm³/mol. The predicted octanol–water partition coefficient (Wildman–Crippen LogP) is 5.56. The van der Waals surface area contributed by atoms with Crippen LogP contribution in [0.25, 0.3) is 16.7 Å². The number of halogens is 1. The highest BCUT2D eigenvalue weighted by molar-refractivity contribution is 6.26. The lowest BCUT2D eigenvalue weighted by molar-refractivity contribution is 0.284. The van der Waals surface area contributed by atoms with Crippen molar-refractivity contribution >= 4 is 28.3 Å². The Hall–Kier alpha value is -1.81. The number of aliphatic hydroxyl groups excluding tert-OH is 1. The number of fused-ring (bicyclic) bond motifs is 1.